The molecule has 0 spiro atoms. The van der Waals surface area contributed by atoms with Crippen molar-refractivity contribution < 1.29 is 18.9 Å². The summed E-state index contributed by atoms with van der Waals surface area (Å²) in [6, 6.07) is -0.102. The van der Waals surface area contributed by atoms with Gasteiger partial charge in [-0.2, -0.15) is 0 Å². The largest absolute Gasteiger partial charge is 0.353 e. The minimum atomic E-state index is -0.580. The lowest BCUT2D eigenvalue weighted by Crippen LogP contribution is -2.41. The second-order valence-electron chi connectivity index (χ2n) is 4.63. The second-order valence-corrected chi connectivity index (χ2v) is 4.63. The van der Waals surface area contributed by atoms with Gasteiger partial charge in [0.25, 0.3) is 0 Å². The molecule has 0 aliphatic carbocycles. The van der Waals surface area contributed by atoms with Gasteiger partial charge in [0.15, 0.2) is 12.1 Å². The van der Waals surface area contributed by atoms with E-state index in [9.17, 15) is 0 Å². The van der Waals surface area contributed by atoms with Gasteiger partial charge < -0.3 is 24.7 Å². The Morgan fingerprint density at radius 3 is 2.40 bits per heavy atom. The molecule has 2 fully saturated rings. The normalized spacial score (nSPS) is 45.4. The highest BCUT2D eigenvalue weighted by atomic mass is 16.8. The monoisotopic (exact) mass is 217 g/mol. The Kier molecular flexibility index (Phi) is 2.77. The van der Waals surface area contributed by atoms with Crippen molar-refractivity contribution in [1.29, 1.82) is 0 Å². The van der Waals surface area contributed by atoms with E-state index in [0.717, 1.165) is 0 Å². The van der Waals surface area contributed by atoms with Crippen LogP contribution in [0, 0.1) is 0 Å². The van der Waals surface area contributed by atoms with E-state index in [2.05, 4.69) is 0 Å². The predicted molar refractivity (Wildman–Crippen MR) is 53.1 cm³/mol. The maximum absolute atomic E-state index is 5.84. The van der Waals surface area contributed by atoms with Crippen molar-refractivity contribution in [1.82, 2.24) is 0 Å². The van der Waals surface area contributed by atoms with Crippen LogP contribution in [0.15, 0.2) is 0 Å². The number of nitrogens with two attached hydrogens (primary N) is 1. The number of fused-ring (bicyclic) bond motifs is 1. The van der Waals surface area contributed by atoms with Crippen LogP contribution < -0.4 is 5.73 Å². The summed E-state index contributed by atoms with van der Waals surface area (Å²) in [5.41, 5.74) is 5.84. The molecule has 88 valence electrons. The molecule has 0 aromatic heterocycles. The summed E-state index contributed by atoms with van der Waals surface area (Å²) in [7, 11) is 1.60. The number of methoxy groups -OCH3 is 1. The Morgan fingerprint density at radius 1 is 1.27 bits per heavy atom. The number of ether oxygens (including phenoxy) is 4. The Morgan fingerprint density at radius 2 is 1.87 bits per heavy atom. The molecule has 0 amide bonds. The SMILES string of the molecule is CO[C@H]1O[C@@H]([C@@H](C)N)[C@@H]2OC(C)(C)O[C@H]12. The van der Waals surface area contributed by atoms with Crippen molar-refractivity contribution in [2.45, 2.75) is 57.2 Å². The van der Waals surface area contributed by atoms with Crippen LogP contribution in [0.4, 0.5) is 0 Å². The van der Waals surface area contributed by atoms with Gasteiger partial charge in [0.05, 0.1) is 0 Å². The van der Waals surface area contributed by atoms with Gasteiger partial charge in [0.1, 0.15) is 18.3 Å². The Balaban J connectivity index is 2.15. The smallest absolute Gasteiger partial charge is 0.186 e. The van der Waals surface area contributed by atoms with Crippen LogP contribution in [0.1, 0.15) is 20.8 Å². The third-order valence-corrected chi connectivity index (χ3v) is 2.80. The molecule has 0 saturated carbocycles. The van der Waals surface area contributed by atoms with Crippen molar-refractivity contribution in [3.63, 3.8) is 0 Å². The maximum atomic E-state index is 5.84. The van der Waals surface area contributed by atoms with Crippen molar-refractivity contribution in [2.24, 2.45) is 5.73 Å². The summed E-state index contributed by atoms with van der Waals surface area (Å²) in [4.78, 5) is 0. The lowest BCUT2D eigenvalue weighted by Gasteiger charge is -2.25. The van der Waals surface area contributed by atoms with Crippen LogP contribution in [0.2, 0.25) is 0 Å². The zero-order chi connectivity index (χ0) is 11.2. The Hall–Kier alpha value is -0.200. The lowest BCUT2D eigenvalue weighted by atomic mass is 10.1. The van der Waals surface area contributed by atoms with E-state index >= 15 is 0 Å². The molecule has 2 saturated heterocycles. The highest BCUT2D eigenvalue weighted by molar-refractivity contribution is 4.97. The van der Waals surface area contributed by atoms with Gasteiger partial charge in [-0.25, -0.2) is 0 Å². The van der Waals surface area contributed by atoms with E-state index in [1.54, 1.807) is 7.11 Å². The van der Waals surface area contributed by atoms with E-state index in [1.165, 1.54) is 0 Å². The molecule has 5 nitrogen and oxygen atoms in total. The fraction of sp³-hybridized carbons (Fsp3) is 1.00. The second kappa shape index (κ2) is 3.68. The molecular weight excluding hydrogens is 198 g/mol. The van der Waals surface area contributed by atoms with Gasteiger partial charge in [-0.05, 0) is 20.8 Å². The molecule has 2 aliphatic rings. The standard InChI is InChI=1S/C10H19NO4/c1-5(11)6-7-8(9(12-4)13-6)15-10(2,3)14-7/h5-9H,11H2,1-4H3/t5-,6+,7+,8+,9+/m1/s1. The average molecular weight is 217 g/mol. The summed E-state index contributed by atoms with van der Waals surface area (Å²) < 4.78 is 22.4. The summed E-state index contributed by atoms with van der Waals surface area (Å²) >= 11 is 0. The first-order valence-electron chi connectivity index (χ1n) is 5.24. The summed E-state index contributed by atoms with van der Waals surface area (Å²) in [5.74, 6) is -0.580. The zero-order valence-electron chi connectivity index (χ0n) is 9.60. The van der Waals surface area contributed by atoms with Crippen LogP contribution in [0.25, 0.3) is 0 Å². The number of hydrogen-bond donors (Lipinski definition) is 1. The van der Waals surface area contributed by atoms with Gasteiger partial charge in [0.2, 0.25) is 0 Å². The highest BCUT2D eigenvalue weighted by Crippen LogP contribution is 2.39. The molecule has 0 aromatic carbocycles. The fourth-order valence-electron chi connectivity index (χ4n) is 2.20. The van der Waals surface area contributed by atoms with Gasteiger partial charge in [-0.3, -0.25) is 0 Å². The van der Waals surface area contributed by atoms with Gasteiger partial charge in [-0.1, -0.05) is 0 Å². The summed E-state index contributed by atoms with van der Waals surface area (Å²) in [6.07, 6.45) is -0.861. The van der Waals surface area contributed by atoms with E-state index in [-0.39, 0.29) is 30.6 Å². The summed E-state index contributed by atoms with van der Waals surface area (Å²) in [5, 5.41) is 0. The molecule has 2 rings (SSSR count). The van der Waals surface area contributed by atoms with Crippen molar-refractivity contribution >= 4 is 0 Å². The molecule has 5 heteroatoms. The molecule has 15 heavy (non-hydrogen) atoms. The lowest BCUT2D eigenvalue weighted by molar-refractivity contribution is -0.228. The van der Waals surface area contributed by atoms with E-state index < -0.39 is 5.79 Å². The molecule has 2 heterocycles. The molecule has 2 aliphatic heterocycles. The van der Waals surface area contributed by atoms with Crippen LogP contribution in [0.5, 0.6) is 0 Å². The Labute approximate surface area is 89.8 Å². The first kappa shape index (κ1) is 11.3. The highest BCUT2D eigenvalue weighted by Gasteiger charge is 2.56. The summed E-state index contributed by atoms with van der Waals surface area (Å²) in [6.45, 7) is 5.67. The van der Waals surface area contributed by atoms with E-state index in [0.29, 0.717) is 0 Å². The minimum absolute atomic E-state index is 0.102. The van der Waals surface area contributed by atoms with Crippen LogP contribution in [-0.4, -0.2) is 43.5 Å². The molecular formula is C10H19NO4. The maximum Gasteiger partial charge on any atom is 0.186 e. The molecule has 0 unspecified atom stereocenters. The first-order valence-corrected chi connectivity index (χ1v) is 5.24. The van der Waals surface area contributed by atoms with Gasteiger partial charge in [-0.15, -0.1) is 0 Å². The molecule has 0 bridgehead atoms. The fourth-order valence-corrected chi connectivity index (χ4v) is 2.20. The molecule has 0 radical (unpaired) electrons. The van der Waals surface area contributed by atoms with Gasteiger partial charge >= 0.3 is 0 Å². The molecule has 5 atom stereocenters. The topological polar surface area (TPSA) is 62.9 Å². The zero-order valence-corrected chi connectivity index (χ0v) is 9.60. The van der Waals surface area contributed by atoms with E-state index in [1.807, 2.05) is 20.8 Å². The van der Waals surface area contributed by atoms with Crippen molar-refractivity contribution in [2.75, 3.05) is 7.11 Å². The third kappa shape index (κ3) is 1.90. The number of hydrogen-bond acceptors (Lipinski definition) is 5. The van der Waals surface area contributed by atoms with Gasteiger partial charge in [0, 0.05) is 13.2 Å². The quantitative estimate of drug-likeness (QED) is 0.717. The average Bonchev–Trinajstić information content (AvgIpc) is 2.57. The van der Waals surface area contributed by atoms with E-state index in [4.69, 9.17) is 24.7 Å². The molecule has 2 N–H and O–H groups in total. The third-order valence-electron chi connectivity index (χ3n) is 2.80. The van der Waals surface area contributed by atoms with Crippen LogP contribution in [-0.2, 0) is 18.9 Å². The minimum Gasteiger partial charge on any atom is -0.353 e. The van der Waals surface area contributed by atoms with Crippen LogP contribution in [0.3, 0.4) is 0 Å². The van der Waals surface area contributed by atoms with Crippen molar-refractivity contribution in [3.05, 3.63) is 0 Å². The Bertz CT molecular complexity index is 244. The predicted octanol–water partition coefficient (Wildman–Crippen LogP) is 0.225. The number of rotatable bonds is 2. The van der Waals surface area contributed by atoms with Crippen LogP contribution >= 0.6 is 0 Å². The molecule has 0 aromatic rings. The van der Waals surface area contributed by atoms with Crippen molar-refractivity contribution in [3.8, 4) is 0 Å². The first-order chi connectivity index (χ1) is 6.94.